The van der Waals surface area contributed by atoms with E-state index in [-0.39, 0.29) is 6.10 Å². The standard InChI is InChI=1S/C16H27N3O/c1-4-9-17-10-5-7-14-12(2)18-16(19-13(14)3)15-8-6-11-20-15/h15,17H,4-11H2,1-3H3. The Kier molecular flexibility index (Phi) is 5.92. The fourth-order valence-corrected chi connectivity index (χ4v) is 2.74. The Morgan fingerprint density at radius 2 is 1.95 bits per heavy atom. The maximum Gasteiger partial charge on any atom is 0.157 e. The maximum absolute atomic E-state index is 5.68. The number of hydrogen-bond acceptors (Lipinski definition) is 4. The van der Waals surface area contributed by atoms with E-state index in [0.29, 0.717) is 0 Å². The SMILES string of the molecule is CCCNCCCc1c(C)nc(C2CCCO2)nc1C. The number of nitrogens with zero attached hydrogens (tertiary/aromatic N) is 2. The number of nitrogens with one attached hydrogen (secondary N) is 1. The van der Waals surface area contributed by atoms with Crippen LogP contribution in [-0.4, -0.2) is 29.7 Å². The first kappa shape index (κ1) is 15.4. The van der Waals surface area contributed by atoms with Crippen molar-refractivity contribution < 1.29 is 4.74 Å². The minimum absolute atomic E-state index is 0.118. The van der Waals surface area contributed by atoms with Gasteiger partial charge in [0.2, 0.25) is 0 Å². The lowest BCUT2D eigenvalue weighted by molar-refractivity contribution is 0.104. The summed E-state index contributed by atoms with van der Waals surface area (Å²) in [6.45, 7) is 9.41. The molecule has 1 unspecified atom stereocenters. The van der Waals surface area contributed by atoms with Crippen molar-refractivity contribution in [1.29, 1.82) is 0 Å². The van der Waals surface area contributed by atoms with Gasteiger partial charge in [-0.15, -0.1) is 0 Å². The summed E-state index contributed by atoms with van der Waals surface area (Å²) in [5.41, 5.74) is 3.56. The molecule has 0 aliphatic carbocycles. The van der Waals surface area contributed by atoms with Crippen molar-refractivity contribution >= 4 is 0 Å². The molecule has 0 saturated carbocycles. The topological polar surface area (TPSA) is 47.0 Å². The molecule has 4 nitrogen and oxygen atoms in total. The van der Waals surface area contributed by atoms with Gasteiger partial charge in [-0.3, -0.25) is 0 Å². The van der Waals surface area contributed by atoms with E-state index in [0.717, 1.165) is 62.6 Å². The molecule has 1 aromatic rings. The number of aryl methyl sites for hydroxylation is 2. The third-order valence-electron chi connectivity index (χ3n) is 3.86. The zero-order chi connectivity index (χ0) is 14.4. The minimum Gasteiger partial charge on any atom is -0.370 e. The largest absolute Gasteiger partial charge is 0.370 e. The Bertz CT molecular complexity index is 405. The lowest BCUT2D eigenvalue weighted by atomic mass is 10.1. The average molecular weight is 277 g/mol. The zero-order valence-electron chi connectivity index (χ0n) is 13.0. The monoisotopic (exact) mass is 277 g/mol. The normalized spacial score (nSPS) is 18.6. The van der Waals surface area contributed by atoms with Gasteiger partial charge >= 0.3 is 0 Å². The molecule has 0 spiro atoms. The smallest absolute Gasteiger partial charge is 0.157 e. The second kappa shape index (κ2) is 7.70. The van der Waals surface area contributed by atoms with E-state index in [9.17, 15) is 0 Å². The molecule has 20 heavy (non-hydrogen) atoms. The number of ether oxygens (including phenoxy) is 1. The fourth-order valence-electron chi connectivity index (χ4n) is 2.74. The predicted molar refractivity (Wildman–Crippen MR) is 80.9 cm³/mol. The van der Waals surface area contributed by atoms with Crippen LogP contribution in [0.5, 0.6) is 0 Å². The number of hydrogen-bond donors (Lipinski definition) is 1. The molecule has 2 rings (SSSR count). The molecule has 0 radical (unpaired) electrons. The van der Waals surface area contributed by atoms with Crippen LogP contribution in [0.2, 0.25) is 0 Å². The van der Waals surface area contributed by atoms with Gasteiger partial charge in [-0.2, -0.15) is 0 Å². The van der Waals surface area contributed by atoms with Gasteiger partial charge in [0.15, 0.2) is 5.82 Å². The zero-order valence-corrected chi connectivity index (χ0v) is 13.0. The first-order chi connectivity index (χ1) is 9.72. The highest BCUT2D eigenvalue weighted by Gasteiger charge is 2.21. The Balaban J connectivity index is 1.95. The summed E-state index contributed by atoms with van der Waals surface area (Å²) in [4.78, 5) is 9.35. The molecule has 112 valence electrons. The Morgan fingerprint density at radius 3 is 2.55 bits per heavy atom. The lowest BCUT2D eigenvalue weighted by Gasteiger charge is -2.14. The summed E-state index contributed by atoms with van der Waals surface area (Å²) in [7, 11) is 0. The first-order valence-electron chi connectivity index (χ1n) is 7.88. The van der Waals surface area contributed by atoms with Crippen molar-refractivity contribution in [2.24, 2.45) is 0 Å². The lowest BCUT2D eigenvalue weighted by Crippen LogP contribution is -2.17. The molecule has 1 N–H and O–H groups in total. The van der Waals surface area contributed by atoms with Gasteiger partial charge in [0, 0.05) is 18.0 Å². The van der Waals surface area contributed by atoms with Crippen molar-refractivity contribution in [1.82, 2.24) is 15.3 Å². The molecule has 1 aromatic heterocycles. The molecular weight excluding hydrogens is 250 g/mol. The van der Waals surface area contributed by atoms with Crippen LogP contribution in [0.15, 0.2) is 0 Å². The van der Waals surface area contributed by atoms with Gasteiger partial charge < -0.3 is 10.1 Å². The minimum atomic E-state index is 0.118. The van der Waals surface area contributed by atoms with Gasteiger partial charge in [-0.05, 0) is 64.6 Å². The molecule has 1 saturated heterocycles. The highest BCUT2D eigenvalue weighted by Crippen LogP contribution is 2.27. The van der Waals surface area contributed by atoms with Gasteiger partial charge in [-0.1, -0.05) is 6.92 Å². The summed E-state index contributed by atoms with van der Waals surface area (Å²) in [5, 5.41) is 3.44. The van der Waals surface area contributed by atoms with Crippen LogP contribution in [0.4, 0.5) is 0 Å². The van der Waals surface area contributed by atoms with Crippen molar-refractivity contribution in [3.8, 4) is 0 Å². The number of aromatic nitrogens is 2. The molecule has 1 atom stereocenters. The third-order valence-corrected chi connectivity index (χ3v) is 3.86. The van der Waals surface area contributed by atoms with E-state index < -0.39 is 0 Å². The fraction of sp³-hybridized carbons (Fsp3) is 0.750. The molecule has 1 aliphatic rings. The van der Waals surface area contributed by atoms with Crippen LogP contribution in [-0.2, 0) is 11.2 Å². The van der Waals surface area contributed by atoms with E-state index >= 15 is 0 Å². The van der Waals surface area contributed by atoms with Crippen LogP contribution in [0, 0.1) is 13.8 Å². The van der Waals surface area contributed by atoms with Crippen LogP contribution >= 0.6 is 0 Å². The van der Waals surface area contributed by atoms with E-state index in [1.165, 1.54) is 12.0 Å². The maximum atomic E-state index is 5.68. The second-order valence-electron chi connectivity index (χ2n) is 5.59. The molecule has 4 heteroatoms. The van der Waals surface area contributed by atoms with E-state index in [1.807, 2.05) is 0 Å². The molecule has 0 bridgehead atoms. The quantitative estimate of drug-likeness (QED) is 0.779. The molecule has 0 amide bonds. The van der Waals surface area contributed by atoms with Crippen molar-refractivity contribution in [3.05, 3.63) is 22.8 Å². The van der Waals surface area contributed by atoms with Crippen molar-refractivity contribution in [2.75, 3.05) is 19.7 Å². The van der Waals surface area contributed by atoms with Gasteiger partial charge in [-0.25, -0.2) is 9.97 Å². The molecule has 1 fully saturated rings. The summed E-state index contributed by atoms with van der Waals surface area (Å²) in [5.74, 6) is 0.880. The van der Waals surface area contributed by atoms with E-state index in [2.05, 4.69) is 36.1 Å². The highest BCUT2D eigenvalue weighted by molar-refractivity contribution is 5.25. The van der Waals surface area contributed by atoms with Gasteiger partial charge in [0.05, 0.1) is 0 Å². The average Bonchev–Trinajstić information content (AvgIpc) is 2.95. The second-order valence-corrected chi connectivity index (χ2v) is 5.59. The summed E-state index contributed by atoms with van der Waals surface area (Å²) in [6, 6.07) is 0. The first-order valence-corrected chi connectivity index (χ1v) is 7.88. The highest BCUT2D eigenvalue weighted by atomic mass is 16.5. The Morgan fingerprint density at radius 1 is 1.20 bits per heavy atom. The van der Waals surface area contributed by atoms with Gasteiger partial charge in [0.1, 0.15) is 6.10 Å². The Hall–Kier alpha value is -1.00. The summed E-state index contributed by atoms with van der Waals surface area (Å²) in [6.07, 6.45) is 5.69. The summed E-state index contributed by atoms with van der Waals surface area (Å²) < 4.78 is 5.68. The molecule has 0 aromatic carbocycles. The van der Waals surface area contributed by atoms with E-state index in [4.69, 9.17) is 4.74 Å². The predicted octanol–water partition coefficient (Wildman–Crippen LogP) is 2.88. The van der Waals surface area contributed by atoms with Crippen LogP contribution < -0.4 is 5.32 Å². The van der Waals surface area contributed by atoms with Crippen molar-refractivity contribution in [2.45, 2.75) is 59.0 Å². The van der Waals surface area contributed by atoms with Crippen molar-refractivity contribution in [3.63, 3.8) is 0 Å². The molecular formula is C16H27N3O. The Labute approximate surface area is 122 Å². The number of rotatable bonds is 7. The van der Waals surface area contributed by atoms with Crippen LogP contribution in [0.25, 0.3) is 0 Å². The summed E-state index contributed by atoms with van der Waals surface area (Å²) >= 11 is 0. The molecule has 2 heterocycles. The van der Waals surface area contributed by atoms with Gasteiger partial charge in [0.25, 0.3) is 0 Å². The van der Waals surface area contributed by atoms with Crippen LogP contribution in [0.1, 0.15) is 61.5 Å². The van der Waals surface area contributed by atoms with Crippen LogP contribution in [0.3, 0.4) is 0 Å². The van der Waals surface area contributed by atoms with E-state index in [1.54, 1.807) is 0 Å². The molecule has 1 aliphatic heterocycles. The third kappa shape index (κ3) is 4.00.